The first-order chi connectivity index (χ1) is 13.9. The van der Waals surface area contributed by atoms with Crippen molar-refractivity contribution in [2.75, 3.05) is 24.6 Å². The molecule has 0 spiro atoms. The summed E-state index contributed by atoms with van der Waals surface area (Å²) in [6.07, 6.45) is 2.96. The Kier molecular flexibility index (Phi) is 6.95. The fourth-order valence-corrected chi connectivity index (χ4v) is 3.97. The van der Waals surface area contributed by atoms with Gasteiger partial charge in [-0.2, -0.15) is 0 Å². The summed E-state index contributed by atoms with van der Waals surface area (Å²) in [7, 11) is 0. The number of nitrogens with one attached hydrogen (secondary N) is 2. The van der Waals surface area contributed by atoms with Gasteiger partial charge in [-0.1, -0.05) is 35.7 Å². The van der Waals surface area contributed by atoms with Gasteiger partial charge in [-0.15, -0.1) is 0 Å². The Hall–Kier alpha value is -2.35. The summed E-state index contributed by atoms with van der Waals surface area (Å²) in [5.41, 5.74) is 4.26. The van der Waals surface area contributed by atoms with Crippen molar-refractivity contribution in [2.45, 2.75) is 26.2 Å². The van der Waals surface area contributed by atoms with Crippen LogP contribution in [0.25, 0.3) is 11.1 Å². The monoisotopic (exact) mass is 436 g/mol. The SMILES string of the molecule is CCNC(=O)c1ccc(N2CCCCCN2)c([N+](=O)[O-])c1-c1ccc(Cl)cc1Cl. The van der Waals surface area contributed by atoms with Gasteiger partial charge in [0.2, 0.25) is 0 Å². The third-order valence-corrected chi connectivity index (χ3v) is 5.32. The van der Waals surface area contributed by atoms with Crippen LogP contribution in [0.1, 0.15) is 36.5 Å². The van der Waals surface area contributed by atoms with E-state index < -0.39 is 10.8 Å². The van der Waals surface area contributed by atoms with E-state index in [1.165, 1.54) is 6.07 Å². The lowest BCUT2D eigenvalue weighted by atomic mass is 9.95. The van der Waals surface area contributed by atoms with Crippen LogP contribution in [-0.2, 0) is 0 Å². The zero-order chi connectivity index (χ0) is 21.0. The van der Waals surface area contributed by atoms with Crippen LogP contribution in [0.5, 0.6) is 0 Å². The number of nitro groups is 1. The molecular formula is C20H22Cl2N4O3. The number of hydrogen-bond acceptors (Lipinski definition) is 5. The van der Waals surface area contributed by atoms with E-state index in [0.29, 0.717) is 29.4 Å². The number of nitrogens with zero attached hydrogens (tertiary/aromatic N) is 2. The van der Waals surface area contributed by atoms with E-state index in [2.05, 4.69) is 10.7 Å². The van der Waals surface area contributed by atoms with Crippen LogP contribution >= 0.6 is 23.2 Å². The maximum absolute atomic E-state index is 12.7. The van der Waals surface area contributed by atoms with Crippen LogP contribution in [0.3, 0.4) is 0 Å². The lowest BCUT2D eigenvalue weighted by Gasteiger charge is -2.25. The van der Waals surface area contributed by atoms with Crippen molar-refractivity contribution in [3.8, 4) is 11.1 Å². The predicted molar refractivity (Wildman–Crippen MR) is 116 cm³/mol. The van der Waals surface area contributed by atoms with Crippen LogP contribution in [0.2, 0.25) is 10.0 Å². The molecule has 9 heteroatoms. The van der Waals surface area contributed by atoms with Crippen molar-refractivity contribution in [1.82, 2.24) is 10.7 Å². The smallest absolute Gasteiger partial charge is 0.302 e. The van der Waals surface area contributed by atoms with Crippen LogP contribution in [0.4, 0.5) is 11.4 Å². The maximum atomic E-state index is 12.7. The van der Waals surface area contributed by atoms with Gasteiger partial charge < -0.3 is 10.3 Å². The molecule has 2 aromatic carbocycles. The van der Waals surface area contributed by atoms with Crippen molar-refractivity contribution in [3.05, 3.63) is 56.1 Å². The van der Waals surface area contributed by atoms with Crippen molar-refractivity contribution < 1.29 is 9.72 Å². The molecular weight excluding hydrogens is 415 g/mol. The highest BCUT2D eigenvalue weighted by Gasteiger charge is 2.31. The minimum absolute atomic E-state index is 0.160. The molecule has 1 heterocycles. The highest BCUT2D eigenvalue weighted by molar-refractivity contribution is 6.36. The minimum Gasteiger partial charge on any atom is -0.352 e. The average Bonchev–Trinajstić information content (AvgIpc) is 2.96. The molecule has 1 fully saturated rings. The molecule has 0 atom stereocenters. The van der Waals surface area contributed by atoms with Gasteiger partial charge in [0.05, 0.1) is 21.1 Å². The lowest BCUT2D eigenvalue weighted by molar-refractivity contribution is -0.383. The molecule has 154 valence electrons. The number of rotatable bonds is 5. The summed E-state index contributed by atoms with van der Waals surface area (Å²) in [5.74, 6) is -0.396. The Morgan fingerprint density at radius 2 is 2.03 bits per heavy atom. The standard InChI is InChI=1S/C20H22Cl2N4O3/c1-2-23-20(27)15-8-9-17(25-11-5-3-4-10-24-25)19(26(28)29)18(15)14-7-6-13(21)12-16(14)22/h6-9,12,24H,2-5,10-11H2,1H3,(H,23,27). The third-order valence-electron chi connectivity index (χ3n) is 4.77. The first-order valence-corrected chi connectivity index (χ1v) is 10.3. The molecule has 0 aliphatic carbocycles. The van der Waals surface area contributed by atoms with Gasteiger partial charge in [-0.25, -0.2) is 5.43 Å². The summed E-state index contributed by atoms with van der Waals surface area (Å²) in [6.45, 7) is 3.55. The van der Waals surface area contributed by atoms with Crippen molar-refractivity contribution in [3.63, 3.8) is 0 Å². The van der Waals surface area contributed by atoms with E-state index in [4.69, 9.17) is 23.2 Å². The number of nitro benzene ring substituents is 1. The number of carbonyl (C=O) groups is 1. The van der Waals surface area contributed by atoms with Gasteiger partial charge in [-0.3, -0.25) is 14.9 Å². The highest BCUT2D eigenvalue weighted by atomic mass is 35.5. The normalized spacial score (nSPS) is 14.4. The molecule has 0 bridgehead atoms. The number of carbonyl (C=O) groups excluding carboxylic acids is 1. The van der Waals surface area contributed by atoms with Crippen LogP contribution in [0.15, 0.2) is 30.3 Å². The average molecular weight is 437 g/mol. The molecule has 0 radical (unpaired) electrons. The molecule has 2 aromatic rings. The molecule has 0 unspecified atom stereocenters. The van der Waals surface area contributed by atoms with E-state index in [1.54, 1.807) is 36.2 Å². The molecule has 3 rings (SSSR count). The van der Waals surface area contributed by atoms with E-state index >= 15 is 0 Å². The van der Waals surface area contributed by atoms with Crippen LogP contribution in [0, 0.1) is 10.1 Å². The molecule has 0 saturated carbocycles. The van der Waals surface area contributed by atoms with Gasteiger partial charge in [0, 0.05) is 30.2 Å². The number of benzene rings is 2. The van der Waals surface area contributed by atoms with Gasteiger partial charge in [0.1, 0.15) is 5.69 Å². The molecule has 1 amide bonds. The van der Waals surface area contributed by atoms with Crippen molar-refractivity contribution in [1.29, 1.82) is 0 Å². The molecule has 1 aliphatic rings. The number of hydrogen-bond donors (Lipinski definition) is 2. The molecule has 1 saturated heterocycles. The fourth-order valence-electron chi connectivity index (χ4n) is 3.46. The molecule has 7 nitrogen and oxygen atoms in total. The van der Waals surface area contributed by atoms with Crippen molar-refractivity contribution in [2.24, 2.45) is 0 Å². The number of hydrazine groups is 1. The molecule has 1 aliphatic heterocycles. The number of anilines is 1. The topological polar surface area (TPSA) is 87.5 Å². The zero-order valence-electron chi connectivity index (χ0n) is 16.0. The molecule has 2 N–H and O–H groups in total. The van der Waals surface area contributed by atoms with Gasteiger partial charge in [0.25, 0.3) is 5.91 Å². The van der Waals surface area contributed by atoms with E-state index in [-0.39, 0.29) is 21.8 Å². The van der Waals surface area contributed by atoms with Gasteiger partial charge in [0.15, 0.2) is 0 Å². The zero-order valence-corrected chi connectivity index (χ0v) is 17.5. The van der Waals surface area contributed by atoms with E-state index in [1.807, 2.05) is 0 Å². The Morgan fingerprint density at radius 3 is 2.72 bits per heavy atom. The summed E-state index contributed by atoms with van der Waals surface area (Å²) in [5, 5.41) is 17.4. The third kappa shape index (κ3) is 4.63. The second kappa shape index (κ2) is 9.43. The molecule has 0 aromatic heterocycles. The number of amides is 1. The summed E-state index contributed by atoms with van der Waals surface area (Å²) in [6, 6.07) is 7.95. The largest absolute Gasteiger partial charge is 0.352 e. The highest BCUT2D eigenvalue weighted by Crippen LogP contribution is 2.43. The van der Waals surface area contributed by atoms with E-state index in [0.717, 1.165) is 25.8 Å². The fraction of sp³-hybridized carbons (Fsp3) is 0.350. The Morgan fingerprint density at radius 1 is 1.24 bits per heavy atom. The lowest BCUT2D eigenvalue weighted by Crippen LogP contribution is -2.38. The second-order valence-electron chi connectivity index (χ2n) is 6.72. The number of halogens is 2. The van der Waals surface area contributed by atoms with Crippen LogP contribution in [-0.4, -0.2) is 30.5 Å². The Bertz CT molecular complexity index is 928. The van der Waals surface area contributed by atoms with Gasteiger partial charge >= 0.3 is 5.69 Å². The quantitative estimate of drug-likeness (QED) is 0.518. The summed E-state index contributed by atoms with van der Waals surface area (Å²) < 4.78 is 0. The predicted octanol–water partition coefficient (Wildman–Crippen LogP) is 4.81. The first-order valence-electron chi connectivity index (χ1n) is 9.50. The first kappa shape index (κ1) is 21.4. The van der Waals surface area contributed by atoms with Gasteiger partial charge in [-0.05, 0) is 44.0 Å². The Labute approximate surface area is 179 Å². The van der Waals surface area contributed by atoms with E-state index in [9.17, 15) is 14.9 Å². The Balaban J connectivity index is 2.28. The second-order valence-corrected chi connectivity index (χ2v) is 7.56. The molecule has 29 heavy (non-hydrogen) atoms. The van der Waals surface area contributed by atoms with Crippen molar-refractivity contribution >= 4 is 40.5 Å². The van der Waals surface area contributed by atoms with Crippen LogP contribution < -0.4 is 15.8 Å². The maximum Gasteiger partial charge on any atom is 0.302 e. The minimum atomic E-state index is -0.453. The summed E-state index contributed by atoms with van der Waals surface area (Å²) >= 11 is 12.4. The summed E-state index contributed by atoms with van der Waals surface area (Å²) in [4.78, 5) is 24.5.